The number of hydrogen-bond acceptors (Lipinski definition) is 3. The second-order valence-corrected chi connectivity index (χ2v) is 6.66. The molecular formula is C16H25NO2. The topological polar surface area (TPSA) is 50.1 Å². The number of hydrogen-bond donors (Lipinski definition) is 0. The Bertz CT molecular complexity index is 355. The summed E-state index contributed by atoms with van der Waals surface area (Å²) < 4.78 is 5.65. The predicted octanol–water partition coefficient (Wildman–Crippen LogP) is 3.83. The van der Waals surface area contributed by atoms with Crippen molar-refractivity contribution >= 4 is 5.97 Å². The van der Waals surface area contributed by atoms with Crippen LogP contribution in [0.4, 0.5) is 0 Å². The quantitative estimate of drug-likeness (QED) is 0.711. The Morgan fingerprint density at radius 3 is 2.11 bits per heavy atom. The van der Waals surface area contributed by atoms with Crippen LogP contribution in [0.25, 0.3) is 0 Å². The lowest BCUT2D eigenvalue weighted by atomic mass is 9.72. The van der Waals surface area contributed by atoms with Crippen LogP contribution in [0.2, 0.25) is 0 Å². The number of nitriles is 1. The van der Waals surface area contributed by atoms with Crippen molar-refractivity contribution < 1.29 is 9.53 Å². The van der Waals surface area contributed by atoms with Crippen molar-refractivity contribution in [3.63, 3.8) is 0 Å². The van der Waals surface area contributed by atoms with Crippen LogP contribution >= 0.6 is 0 Å². The maximum atomic E-state index is 12.4. The van der Waals surface area contributed by atoms with E-state index in [2.05, 4.69) is 19.9 Å². The number of nitrogens with zero attached hydrogens (tertiary/aromatic N) is 1. The summed E-state index contributed by atoms with van der Waals surface area (Å²) >= 11 is 0. The summed E-state index contributed by atoms with van der Waals surface area (Å²) in [5.74, 6) is 1.13. The summed E-state index contributed by atoms with van der Waals surface area (Å²) in [5.41, 5.74) is -0.852. The Kier molecular flexibility index (Phi) is 4.50. The van der Waals surface area contributed by atoms with E-state index >= 15 is 0 Å². The number of esters is 1. The van der Waals surface area contributed by atoms with Gasteiger partial charge in [-0.1, -0.05) is 13.8 Å². The third kappa shape index (κ3) is 3.29. The summed E-state index contributed by atoms with van der Waals surface area (Å²) in [7, 11) is 0. The molecule has 19 heavy (non-hydrogen) atoms. The molecule has 0 spiro atoms. The molecule has 0 aromatic heterocycles. The van der Waals surface area contributed by atoms with Crippen LogP contribution in [0.5, 0.6) is 0 Å². The van der Waals surface area contributed by atoms with Gasteiger partial charge < -0.3 is 4.74 Å². The maximum absolute atomic E-state index is 12.4. The second-order valence-electron chi connectivity index (χ2n) is 6.66. The molecular weight excluding hydrogens is 238 g/mol. The molecule has 0 radical (unpaired) electrons. The van der Waals surface area contributed by atoms with Crippen molar-refractivity contribution in [1.29, 1.82) is 5.26 Å². The first kappa shape index (κ1) is 14.4. The Labute approximate surface area is 116 Å². The number of carbonyl (C=O) groups is 1. The van der Waals surface area contributed by atoms with Crippen molar-refractivity contribution in [3.8, 4) is 6.07 Å². The molecule has 2 saturated carbocycles. The normalized spacial score (nSPS) is 39.3. The molecule has 0 bridgehead atoms. The van der Waals surface area contributed by atoms with Crippen LogP contribution in [-0.2, 0) is 9.53 Å². The highest BCUT2D eigenvalue weighted by atomic mass is 16.5. The molecule has 2 fully saturated rings. The summed E-state index contributed by atoms with van der Waals surface area (Å²) in [6, 6.07) is 2.26. The van der Waals surface area contributed by atoms with Crippen LogP contribution in [0.15, 0.2) is 0 Å². The minimum absolute atomic E-state index is 0.0493. The van der Waals surface area contributed by atoms with E-state index < -0.39 is 5.41 Å². The SMILES string of the molecule is CC1CCC(OC(=O)C2(C#N)CCC(C)CC2)CC1. The third-order valence-corrected chi connectivity index (χ3v) is 4.97. The molecule has 106 valence electrons. The average Bonchev–Trinajstić information content (AvgIpc) is 2.42. The van der Waals surface area contributed by atoms with E-state index in [1.165, 1.54) is 0 Å². The van der Waals surface area contributed by atoms with Gasteiger partial charge >= 0.3 is 5.97 Å². The van der Waals surface area contributed by atoms with Crippen molar-refractivity contribution in [2.75, 3.05) is 0 Å². The fraction of sp³-hybridized carbons (Fsp3) is 0.875. The molecule has 0 N–H and O–H groups in total. The first-order valence-corrected chi connectivity index (χ1v) is 7.68. The molecule has 2 aliphatic carbocycles. The van der Waals surface area contributed by atoms with Gasteiger partial charge in [-0.15, -0.1) is 0 Å². The van der Waals surface area contributed by atoms with Crippen LogP contribution in [0, 0.1) is 28.6 Å². The molecule has 0 atom stereocenters. The van der Waals surface area contributed by atoms with Gasteiger partial charge in [-0.3, -0.25) is 4.79 Å². The van der Waals surface area contributed by atoms with Gasteiger partial charge in [0.05, 0.1) is 6.07 Å². The minimum Gasteiger partial charge on any atom is -0.461 e. The van der Waals surface area contributed by atoms with Gasteiger partial charge in [0.15, 0.2) is 5.41 Å². The molecule has 0 unspecified atom stereocenters. The zero-order valence-electron chi connectivity index (χ0n) is 12.2. The summed E-state index contributed by atoms with van der Waals surface area (Å²) in [5, 5.41) is 9.42. The molecule has 2 aliphatic rings. The van der Waals surface area contributed by atoms with Crippen LogP contribution in [0.1, 0.15) is 65.2 Å². The van der Waals surface area contributed by atoms with Crippen molar-refractivity contribution in [3.05, 3.63) is 0 Å². The molecule has 0 saturated heterocycles. The number of rotatable bonds is 2. The smallest absolute Gasteiger partial charge is 0.326 e. The summed E-state index contributed by atoms with van der Waals surface area (Å²) in [6.45, 7) is 4.44. The molecule has 2 rings (SSSR count). The zero-order chi connectivity index (χ0) is 13.9. The average molecular weight is 263 g/mol. The zero-order valence-corrected chi connectivity index (χ0v) is 12.2. The third-order valence-electron chi connectivity index (χ3n) is 4.97. The largest absolute Gasteiger partial charge is 0.461 e. The first-order chi connectivity index (χ1) is 9.05. The lowest BCUT2D eigenvalue weighted by Crippen LogP contribution is -2.38. The van der Waals surface area contributed by atoms with Gasteiger partial charge in [0.25, 0.3) is 0 Å². The van der Waals surface area contributed by atoms with Crippen molar-refractivity contribution in [2.45, 2.75) is 71.3 Å². The van der Waals surface area contributed by atoms with E-state index in [0.29, 0.717) is 18.8 Å². The molecule has 0 aromatic carbocycles. The number of carbonyl (C=O) groups excluding carboxylic acids is 1. The van der Waals surface area contributed by atoms with Gasteiger partial charge in [-0.2, -0.15) is 5.26 Å². The fourth-order valence-electron chi connectivity index (χ4n) is 3.23. The van der Waals surface area contributed by atoms with Crippen LogP contribution in [-0.4, -0.2) is 12.1 Å². The van der Waals surface area contributed by atoms with E-state index in [-0.39, 0.29) is 12.1 Å². The van der Waals surface area contributed by atoms with Crippen molar-refractivity contribution in [2.24, 2.45) is 17.3 Å². The first-order valence-electron chi connectivity index (χ1n) is 7.68. The van der Waals surface area contributed by atoms with Crippen LogP contribution < -0.4 is 0 Å². The minimum atomic E-state index is -0.852. The highest BCUT2D eigenvalue weighted by Gasteiger charge is 2.43. The van der Waals surface area contributed by atoms with E-state index in [1.807, 2.05) is 0 Å². The molecule has 0 aliphatic heterocycles. The maximum Gasteiger partial charge on any atom is 0.326 e. The van der Waals surface area contributed by atoms with E-state index in [0.717, 1.165) is 44.4 Å². The molecule has 0 aromatic rings. The fourth-order valence-corrected chi connectivity index (χ4v) is 3.23. The van der Waals surface area contributed by atoms with E-state index in [9.17, 15) is 10.1 Å². The van der Waals surface area contributed by atoms with Gasteiger partial charge in [0.1, 0.15) is 6.10 Å². The standard InChI is InChI=1S/C16H25NO2/c1-12-3-5-14(6-4-12)19-15(18)16(11-17)9-7-13(2)8-10-16/h12-14H,3-10H2,1-2H3. The Balaban J connectivity index is 1.92. The second kappa shape index (κ2) is 5.94. The molecule has 3 heteroatoms. The summed E-state index contributed by atoms with van der Waals surface area (Å²) in [4.78, 5) is 12.4. The van der Waals surface area contributed by atoms with Gasteiger partial charge in [-0.05, 0) is 63.2 Å². The highest BCUT2D eigenvalue weighted by molar-refractivity contribution is 5.80. The van der Waals surface area contributed by atoms with Gasteiger partial charge in [0.2, 0.25) is 0 Å². The highest BCUT2D eigenvalue weighted by Crippen LogP contribution is 2.40. The lowest BCUT2D eigenvalue weighted by Gasteiger charge is -2.34. The van der Waals surface area contributed by atoms with E-state index in [1.54, 1.807) is 0 Å². The monoisotopic (exact) mass is 263 g/mol. The summed E-state index contributed by atoms with van der Waals surface area (Å²) in [6.07, 6.45) is 7.51. The number of ether oxygens (including phenoxy) is 1. The molecule has 0 heterocycles. The van der Waals surface area contributed by atoms with E-state index in [4.69, 9.17) is 4.74 Å². The van der Waals surface area contributed by atoms with Gasteiger partial charge in [-0.25, -0.2) is 0 Å². The Morgan fingerprint density at radius 1 is 1.05 bits per heavy atom. The van der Waals surface area contributed by atoms with Crippen molar-refractivity contribution in [1.82, 2.24) is 0 Å². The molecule has 0 amide bonds. The van der Waals surface area contributed by atoms with Gasteiger partial charge in [0, 0.05) is 0 Å². The Hall–Kier alpha value is -1.04. The van der Waals surface area contributed by atoms with Crippen LogP contribution in [0.3, 0.4) is 0 Å². The molecule has 3 nitrogen and oxygen atoms in total. The lowest BCUT2D eigenvalue weighted by molar-refractivity contribution is -0.162. The Morgan fingerprint density at radius 2 is 1.58 bits per heavy atom. The predicted molar refractivity (Wildman–Crippen MR) is 73.2 cm³/mol.